The molecule has 0 heterocycles. The topological polar surface area (TPSA) is 108 Å². The fourth-order valence-electron chi connectivity index (χ4n) is 2.09. The smallest absolute Gasteiger partial charge is 0.462 e. The summed E-state index contributed by atoms with van der Waals surface area (Å²) in [6.07, 6.45) is 4.18. The van der Waals surface area contributed by atoms with E-state index >= 15 is 0 Å². The van der Waals surface area contributed by atoms with Crippen LogP contribution in [0.2, 0.25) is 0 Å². The van der Waals surface area contributed by atoms with E-state index in [-0.39, 0.29) is 19.6 Å². The van der Waals surface area contributed by atoms with E-state index in [0.29, 0.717) is 17.4 Å². The Kier molecular flexibility index (Phi) is 13.6. The van der Waals surface area contributed by atoms with E-state index in [2.05, 4.69) is 6.92 Å². The number of likely N-dealkylation sites (N-methyl/N-ethyl adjacent to an activating group) is 1. The van der Waals surface area contributed by atoms with Gasteiger partial charge in [-0.05, 0) is 6.42 Å². The van der Waals surface area contributed by atoms with Gasteiger partial charge in [-0.1, -0.05) is 32.6 Å². The van der Waals surface area contributed by atoms with E-state index in [9.17, 15) is 19.0 Å². The summed E-state index contributed by atoms with van der Waals surface area (Å²) in [5, 5.41) is 0. The summed E-state index contributed by atoms with van der Waals surface area (Å²) in [5.74, 6) is -1.01. The third kappa shape index (κ3) is 17.1. The molecule has 28 heavy (non-hydrogen) atoms. The van der Waals surface area contributed by atoms with Crippen molar-refractivity contribution in [2.45, 2.75) is 58.5 Å². The first-order valence-electron chi connectivity index (χ1n) is 9.70. The Morgan fingerprint density at radius 1 is 1.04 bits per heavy atom. The third-order valence-electron chi connectivity index (χ3n) is 3.70. The fourth-order valence-corrected chi connectivity index (χ4v) is 2.83. The van der Waals surface area contributed by atoms with Gasteiger partial charge < -0.3 is 18.9 Å². The number of hydrogen-bond acceptors (Lipinski definition) is 7. The van der Waals surface area contributed by atoms with Crippen molar-refractivity contribution in [3.63, 3.8) is 0 Å². The molecule has 0 rings (SSSR count). The van der Waals surface area contributed by atoms with Crippen molar-refractivity contribution in [1.29, 1.82) is 0 Å². The molecule has 0 aliphatic heterocycles. The maximum atomic E-state index is 12.0. The molecule has 0 saturated carbocycles. The number of phosphoric ester groups is 1. The van der Waals surface area contributed by atoms with Crippen LogP contribution in [0.5, 0.6) is 0 Å². The number of carbonyl (C=O) groups is 2. The van der Waals surface area contributed by atoms with Crippen LogP contribution in [0.3, 0.4) is 0 Å². The minimum absolute atomic E-state index is 0.0312. The largest absolute Gasteiger partial charge is 0.472 e. The highest BCUT2D eigenvalue weighted by molar-refractivity contribution is 7.47. The SMILES string of the molecule is CCCCCCCC(=O)OC(COC(C)=O)COP(=O)(O)OCC[N+](C)(C)C. The molecular weight excluding hydrogens is 389 g/mol. The number of quaternary nitrogens is 1. The van der Waals surface area contributed by atoms with Crippen LogP contribution in [-0.2, 0) is 32.7 Å². The number of unbranched alkanes of at least 4 members (excludes halogenated alkanes) is 4. The van der Waals surface area contributed by atoms with Crippen LogP contribution in [0.1, 0.15) is 52.4 Å². The zero-order valence-corrected chi connectivity index (χ0v) is 18.7. The molecule has 10 heteroatoms. The van der Waals surface area contributed by atoms with Gasteiger partial charge in [0.15, 0.2) is 6.10 Å². The lowest BCUT2D eigenvalue weighted by Gasteiger charge is -2.24. The molecule has 0 fully saturated rings. The van der Waals surface area contributed by atoms with Crippen LogP contribution < -0.4 is 0 Å². The van der Waals surface area contributed by atoms with E-state index in [1.165, 1.54) is 6.92 Å². The van der Waals surface area contributed by atoms with E-state index in [1.807, 2.05) is 21.1 Å². The van der Waals surface area contributed by atoms with Crippen molar-refractivity contribution >= 4 is 19.8 Å². The number of carbonyl (C=O) groups excluding carboxylic acids is 2. The van der Waals surface area contributed by atoms with Gasteiger partial charge in [-0.15, -0.1) is 0 Å². The highest BCUT2D eigenvalue weighted by Crippen LogP contribution is 2.43. The molecule has 0 aromatic rings. The maximum Gasteiger partial charge on any atom is 0.472 e. The standard InChI is InChI=1S/C18H36NO8P/c1-6-7-8-9-10-11-18(21)27-17(14-24-16(2)20)15-26-28(22,23)25-13-12-19(3,4)5/h17H,6-15H2,1-5H3/p+1. The molecule has 0 saturated heterocycles. The van der Waals surface area contributed by atoms with E-state index < -0.39 is 32.5 Å². The van der Waals surface area contributed by atoms with E-state index in [4.69, 9.17) is 18.5 Å². The summed E-state index contributed by atoms with van der Waals surface area (Å²) in [6.45, 7) is 3.21. The molecule has 0 radical (unpaired) electrons. The van der Waals surface area contributed by atoms with Crippen molar-refractivity contribution in [2.75, 3.05) is 47.5 Å². The normalized spacial score (nSPS) is 14.9. The molecule has 1 N–H and O–H groups in total. The lowest BCUT2D eigenvalue weighted by atomic mass is 10.1. The van der Waals surface area contributed by atoms with Crippen LogP contribution in [-0.4, -0.2) is 74.9 Å². The quantitative estimate of drug-likeness (QED) is 0.174. The average Bonchev–Trinajstić information content (AvgIpc) is 2.55. The number of rotatable bonds is 16. The Balaban J connectivity index is 4.44. The first-order chi connectivity index (χ1) is 12.9. The van der Waals surface area contributed by atoms with Gasteiger partial charge in [0.05, 0.1) is 27.7 Å². The van der Waals surface area contributed by atoms with Gasteiger partial charge in [-0.3, -0.25) is 18.6 Å². The summed E-state index contributed by atoms with van der Waals surface area (Å²) in [6, 6.07) is 0. The second kappa shape index (κ2) is 14.1. The summed E-state index contributed by atoms with van der Waals surface area (Å²) < 4.78 is 32.4. The minimum Gasteiger partial charge on any atom is -0.462 e. The Bertz CT molecular complexity index is 506. The van der Waals surface area contributed by atoms with Crippen molar-refractivity contribution < 1.29 is 42.1 Å². The third-order valence-corrected chi connectivity index (χ3v) is 4.68. The summed E-state index contributed by atoms with van der Waals surface area (Å²) in [4.78, 5) is 32.7. The van der Waals surface area contributed by atoms with E-state index in [0.717, 1.165) is 25.7 Å². The van der Waals surface area contributed by atoms with Gasteiger partial charge in [0, 0.05) is 13.3 Å². The average molecular weight is 426 g/mol. The number of phosphoric acid groups is 1. The fraction of sp³-hybridized carbons (Fsp3) is 0.889. The van der Waals surface area contributed by atoms with Gasteiger partial charge in [0.25, 0.3) is 0 Å². The van der Waals surface area contributed by atoms with Gasteiger partial charge >= 0.3 is 19.8 Å². The molecule has 0 amide bonds. The lowest BCUT2D eigenvalue weighted by molar-refractivity contribution is -0.870. The van der Waals surface area contributed by atoms with Crippen LogP contribution in [0, 0.1) is 0 Å². The summed E-state index contributed by atoms with van der Waals surface area (Å²) >= 11 is 0. The molecule has 0 aliphatic carbocycles. The van der Waals surface area contributed by atoms with Crippen molar-refractivity contribution in [3.05, 3.63) is 0 Å². The Morgan fingerprint density at radius 2 is 1.68 bits per heavy atom. The van der Waals surface area contributed by atoms with Gasteiger partial charge in [-0.2, -0.15) is 0 Å². The maximum absolute atomic E-state index is 12.0. The second-order valence-electron chi connectivity index (χ2n) is 7.69. The highest BCUT2D eigenvalue weighted by Gasteiger charge is 2.26. The first kappa shape index (κ1) is 27.0. The molecule has 2 unspecified atom stereocenters. The molecular formula is C18H37NO8P+. The summed E-state index contributed by atoms with van der Waals surface area (Å²) in [5.41, 5.74) is 0. The number of nitrogens with zero attached hydrogens (tertiary/aromatic N) is 1. The number of hydrogen-bond donors (Lipinski definition) is 1. The van der Waals surface area contributed by atoms with Crippen LogP contribution in [0.25, 0.3) is 0 Å². The molecule has 0 aliphatic rings. The molecule has 0 spiro atoms. The Labute approximate surface area is 168 Å². The monoisotopic (exact) mass is 426 g/mol. The minimum atomic E-state index is -4.30. The van der Waals surface area contributed by atoms with Crippen molar-refractivity contribution in [1.82, 2.24) is 0 Å². The van der Waals surface area contributed by atoms with Gasteiger partial charge in [0.2, 0.25) is 0 Å². The predicted molar refractivity (Wildman–Crippen MR) is 105 cm³/mol. The first-order valence-corrected chi connectivity index (χ1v) is 11.2. The van der Waals surface area contributed by atoms with E-state index in [1.54, 1.807) is 0 Å². The van der Waals surface area contributed by atoms with Gasteiger partial charge in [-0.25, -0.2) is 4.57 Å². The number of ether oxygens (including phenoxy) is 2. The molecule has 166 valence electrons. The van der Waals surface area contributed by atoms with Crippen molar-refractivity contribution in [3.8, 4) is 0 Å². The van der Waals surface area contributed by atoms with Crippen LogP contribution in [0.15, 0.2) is 0 Å². The van der Waals surface area contributed by atoms with Crippen LogP contribution >= 0.6 is 7.82 Å². The zero-order chi connectivity index (χ0) is 21.6. The Hall–Kier alpha value is -0.990. The zero-order valence-electron chi connectivity index (χ0n) is 17.8. The second-order valence-corrected chi connectivity index (χ2v) is 9.14. The molecule has 0 bridgehead atoms. The molecule has 2 atom stereocenters. The van der Waals surface area contributed by atoms with Crippen molar-refractivity contribution in [2.24, 2.45) is 0 Å². The number of esters is 2. The van der Waals surface area contributed by atoms with Gasteiger partial charge in [0.1, 0.15) is 19.8 Å². The summed E-state index contributed by atoms with van der Waals surface area (Å²) in [7, 11) is 1.46. The Morgan fingerprint density at radius 3 is 2.25 bits per heavy atom. The highest BCUT2D eigenvalue weighted by atomic mass is 31.2. The molecule has 9 nitrogen and oxygen atoms in total. The molecule has 0 aromatic heterocycles. The molecule has 0 aromatic carbocycles. The lowest BCUT2D eigenvalue weighted by Crippen LogP contribution is -2.37. The van der Waals surface area contributed by atoms with Crippen LogP contribution in [0.4, 0.5) is 0 Å². The predicted octanol–water partition coefficient (Wildman–Crippen LogP) is 2.66.